The summed E-state index contributed by atoms with van der Waals surface area (Å²) in [6.07, 6.45) is -1.07. The summed E-state index contributed by atoms with van der Waals surface area (Å²) in [5.41, 5.74) is -6.43. The Balaban J connectivity index is 1.63. The normalized spacial score (nSPS) is 41.0. The molecule has 11 atom stereocenters. The van der Waals surface area contributed by atoms with Crippen molar-refractivity contribution in [3.63, 3.8) is 0 Å². The topological polar surface area (TPSA) is 174 Å². The van der Waals surface area contributed by atoms with Gasteiger partial charge in [0, 0.05) is 53.4 Å². The van der Waals surface area contributed by atoms with Gasteiger partial charge in [-0.1, -0.05) is 41.5 Å². The standard InChI is InChI=1S/C35H44O13/c1-16(2)26(39)46-29-31(5,6)24(23(27(40)42-9)44-17(3)36)33(8)20-10-12-32(7)21(14-22(38)45-25(32)19-11-13-43-15-19)34(20)30(48-34)35(29,28(33)41)47-18(4)37/h11,13,15-16,20-21,23-25,29-30H,10,12,14H2,1-9H3/t20-,21-,23-,24+,25+,29+,30+,32-,33-,34-,35+/m1/s1. The first-order valence-electron chi connectivity index (χ1n) is 16.4. The number of hydrogen-bond acceptors (Lipinski definition) is 13. The maximum Gasteiger partial charge on any atom is 0.347 e. The van der Waals surface area contributed by atoms with Gasteiger partial charge < -0.3 is 32.8 Å². The first kappa shape index (κ1) is 34.1. The second kappa shape index (κ2) is 10.9. The van der Waals surface area contributed by atoms with Crippen molar-refractivity contribution in [2.24, 2.45) is 39.9 Å². The monoisotopic (exact) mass is 672 g/mol. The Morgan fingerprint density at radius 3 is 2.23 bits per heavy atom. The number of rotatable bonds is 7. The maximum atomic E-state index is 15.4. The van der Waals surface area contributed by atoms with E-state index in [-0.39, 0.29) is 6.42 Å². The number of methoxy groups -OCH3 is 1. The average Bonchev–Trinajstić information content (AvgIpc) is 3.48. The molecular formula is C35H44O13. The number of ketones is 1. The van der Waals surface area contributed by atoms with Crippen LogP contribution in [-0.2, 0) is 57.2 Å². The highest BCUT2D eigenvalue weighted by molar-refractivity contribution is 6.01. The smallest absolute Gasteiger partial charge is 0.347 e. The molecule has 2 aliphatic heterocycles. The molecule has 0 N–H and O–H groups in total. The Bertz CT molecular complexity index is 1560. The fourth-order valence-electron chi connectivity index (χ4n) is 10.5. The van der Waals surface area contributed by atoms with E-state index < -0.39 is 111 Å². The van der Waals surface area contributed by atoms with E-state index in [9.17, 15) is 24.0 Å². The molecule has 0 amide bonds. The summed E-state index contributed by atoms with van der Waals surface area (Å²) in [6.45, 7) is 12.6. The molecule has 262 valence electrons. The van der Waals surface area contributed by atoms with Gasteiger partial charge in [0.2, 0.25) is 11.7 Å². The number of furan rings is 1. The van der Waals surface area contributed by atoms with Gasteiger partial charge in [-0.3, -0.25) is 24.0 Å². The molecule has 6 rings (SSSR count). The van der Waals surface area contributed by atoms with Crippen LogP contribution in [-0.4, -0.2) is 72.3 Å². The number of carbonyl (C=O) groups excluding carboxylic acids is 6. The van der Waals surface area contributed by atoms with Crippen molar-refractivity contribution in [1.82, 2.24) is 0 Å². The Morgan fingerprint density at radius 1 is 0.979 bits per heavy atom. The van der Waals surface area contributed by atoms with Crippen LogP contribution in [0.1, 0.15) is 86.3 Å². The molecule has 2 saturated heterocycles. The Morgan fingerprint density at radius 2 is 1.67 bits per heavy atom. The predicted molar refractivity (Wildman–Crippen MR) is 161 cm³/mol. The van der Waals surface area contributed by atoms with Gasteiger partial charge in [0.15, 0.2) is 11.9 Å². The molecular weight excluding hydrogens is 628 g/mol. The van der Waals surface area contributed by atoms with Gasteiger partial charge in [-0.2, -0.15) is 0 Å². The fraction of sp³-hybridized carbons (Fsp3) is 0.714. The number of Topliss-reactive ketones (excluding diaryl/α,β-unsaturated/α-hetero) is 1. The minimum atomic E-state index is -2.16. The number of carbonyl (C=O) groups is 6. The molecule has 13 heteroatoms. The van der Waals surface area contributed by atoms with E-state index in [2.05, 4.69) is 0 Å². The zero-order chi connectivity index (χ0) is 35.4. The lowest BCUT2D eigenvalue weighted by atomic mass is 9.36. The van der Waals surface area contributed by atoms with Crippen LogP contribution in [0.2, 0.25) is 0 Å². The lowest BCUT2D eigenvalue weighted by Gasteiger charge is -2.67. The Kier molecular flexibility index (Phi) is 7.74. The van der Waals surface area contributed by atoms with Crippen LogP contribution in [0.5, 0.6) is 0 Å². The summed E-state index contributed by atoms with van der Waals surface area (Å²) in [4.78, 5) is 81.5. The molecule has 0 unspecified atom stereocenters. The minimum Gasteiger partial charge on any atom is -0.472 e. The molecule has 1 aromatic rings. The molecule has 48 heavy (non-hydrogen) atoms. The van der Waals surface area contributed by atoms with Gasteiger partial charge >= 0.3 is 29.8 Å². The zero-order valence-electron chi connectivity index (χ0n) is 28.8. The molecule has 2 bridgehead atoms. The third-order valence-corrected chi connectivity index (χ3v) is 12.1. The molecule has 13 nitrogen and oxygen atoms in total. The Hall–Kier alpha value is -3.74. The molecule has 5 aliphatic rings. The summed E-state index contributed by atoms with van der Waals surface area (Å²) in [6, 6.07) is 1.74. The predicted octanol–water partition coefficient (Wildman–Crippen LogP) is 3.66. The summed E-state index contributed by atoms with van der Waals surface area (Å²) < 4.78 is 41.3. The van der Waals surface area contributed by atoms with E-state index >= 15 is 4.79 Å². The Labute approximate surface area is 278 Å². The van der Waals surface area contributed by atoms with Gasteiger partial charge in [0.25, 0.3) is 0 Å². The molecule has 5 fully saturated rings. The zero-order valence-corrected chi connectivity index (χ0v) is 28.8. The minimum absolute atomic E-state index is 0.0623. The van der Waals surface area contributed by atoms with Crippen LogP contribution >= 0.6 is 0 Å². The number of esters is 5. The van der Waals surface area contributed by atoms with E-state index in [1.165, 1.54) is 12.5 Å². The summed E-state index contributed by atoms with van der Waals surface area (Å²) >= 11 is 0. The van der Waals surface area contributed by atoms with E-state index in [4.69, 9.17) is 32.8 Å². The maximum absolute atomic E-state index is 15.4. The summed E-state index contributed by atoms with van der Waals surface area (Å²) in [5.74, 6) is -7.26. The molecule has 1 aromatic heterocycles. The van der Waals surface area contributed by atoms with Crippen molar-refractivity contribution < 1.29 is 61.6 Å². The highest BCUT2D eigenvalue weighted by Gasteiger charge is 2.93. The van der Waals surface area contributed by atoms with E-state index in [0.29, 0.717) is 18.4 Å². The third-order valence-electron chi connectivity index (χ3n) is 12.1. The molecule has 0 radical (unpaired) electrons. The second-order valence-electron chi connectivity index (χ2n) is 15.5. The average molecular weight is 673 g/mol. The van der Waals surface area contributed by atoms with Crippen LogP contribution in [0.15, 0.2) is 23.0 Å². The van der Waals surface area contributed by atoms with Crippen LogP contribution < -0.4 is 0 Å². The number of ether oxygens (including phenoxy) is 6. The van der Waals surface area contributed by atoms with Crippen molar-refractivity contribution >= 4 is 35.6 Å². The second-order valence-corrected chi connectivity index (χ2v) is 15.5. The van der Waals surface area contributed by atoms with E-state index in [1.807, 2.05) is 6.92 Å². The van der Waals surface area contributed by atoms with Gasteiger partial charge in [-0.25, -0.2) is 4.79 Å². The quantitative estimate of drug-likeness (QED) is 0.233. The summed E-state index contributed by atoms with van der Waals surface area (Å²) in [7, 11) is 1.15. The third kappa shape index (κ3) is 4.31. The fourth-order valence-corrected chi connectivity index (χ4v) is 10.5. The largest absolute Gasteiger partial charge is 0.472 e. The molecule has 0 aromatic carbocycles. The van der Waals surface area contributed by atoms with E-state index in [1.54, 1.807) is 40.7 Å². The number of epoxide rings is 1. The van der Waals surface area contributed by atoms with Crippen molar-refractivity contribution in [3.8, 4) is 0 Å². The summed E-state index contributed by atoms with van der Waals surface area (Å²) in [5, 5.41) is 0. The molecule has 1 spiro atoms. The molecule has 3 heterocycles. The van der Waals surface area contributed by atoms with Crippen molar-refractivity contribution in [1.29, 1.82) is 0 Å². The van der Waals surface area contributed by atoms with Crippen LogP contribution in [0.3, 0.4) is 0 Å². The van der Waals surface area contributed by atoms with Gasteiger partial charge in [-0.05, 0) is 18.9 Å². The van der Waals surface area contributed by atoms with E-state index in [0.717, 1.165) is 21.0 Å². The van der Waals surface area contributed by atoms with Crippen LogP contribution in [0.4, 0.5) is 0 Å². The first-order valence-corrected chi connectivity index (χ1v) is 16.4. The van der Waals surface area contributed by atoms with Crippen molar-refractivity contribution in [2.75, 3.05) is 7.11 Å². The lowest BCUT2D eigenvalue weighted by Crippen LogP contribution is -2.82. The number of fused-ring (bicyclic) bond motifs is 5. The lowest BCUT2D eigenvalue weighted by molar-refractivity contribution is -0.267. The van der Waals surface area contributed by atoms with Crippen LogP contribution in [0.25, 0.3) is 0 Å². The first-order chi connectivity index (χ1) is 22.3. The molecule has 3 saturated carbocycles. The highest BCUT2D eigenvalue weighted by atomic mass is 16.7. The van der Waals surface area contributed by atoms with Gasteiger partial charge in [-0.15, -0.1) is 0 Å². The van der Waals surface area contributed by atoms with Gasteiger partial charge in [0.05, 0.1) is 32.0 Å². The highest BCUT2D eigenvalue weighted by Crippen LogP contribution is 2.79. The number of hydrogen-bond donors (Lipinski definition) is 0. The SMILES string of the molecule is COC(=O)[C@H](OC(C)=O)[C@H]1C(C)(C)[C@H](OC(=O)C(C)C)[C@@]2(OC(C)=O)C(=O)[C@]1(C)[C@H]1CC[C@]3(C)[C@@H](CC(=O)O[C@H]3c3ccoc3)[C@]13O[C@H]23. The van der Waals surface area contributed by atoms with Crippen molar-refractivity contribution in [2.45, 2.75) is 110 Å². The molecule has 3 aliphatic carbocycles. The van der Waals surface area contributed by atoms with Crippen molar-refractivity contribution in [3.05, 3.63) is 24.2 Å². The van der Waals surface area contributed by atoms with Crippen LogP contribution in [0, 0.1) is 39.9 Å². The van der Waals surface area contributed by atoms with Gasteiger partial charge in [0.1, 0.15) is 17.8 Å². The number of cyclic esters (lactones) is 1.